The summed E-state index contributed by atoms with van der Waals surface area (Å²) in [4.78, 5) is 4.33. The van der Waals surface area contributed by atoms with Crippen LogP contribution < -0.4 is 5.90 Å². The summed E-state index contributed by atoms with van der Waals surface area (Å²) in [6, 6.07) is 2.89. The number of phenols is 2. The summed E-state index contributed by atoms with van der Waals surface area (Å²) in [5.74, 6) is 5.03. The largest absolute Gasteiger partial charge is 0.508 e. The molecule has 0 aromatic heterocycles. The van der Waals surface area contributed by atoms with Gasteiger partial charge in [-0.2, -0.15) is 0 Å². The molecule has 4 heteroatoms. The van der Waals surface area contributed by atoms with E-state index < -0.39 is 0 Å². The van der Waals surface area contributed by atoms with E-state index in [1.54, 1.807) is 6.92 Å². The molecular formula is C8H11NO3. The van der Waals surface area contributed by atoms with Crippen LogP contribution in [-0.2, 0) is 11.4 Å². The SMILES string of the molecule is Cc1cc(O)c(CON)cc1O. The van der Waals surface area contributed by atoms with E-state index in [1.165, 1.54) is 12.1 Å². The number of phenolic OH excluding ortho intramolecular Hbond substituents is 2. The summed E-state index contributed by atoms with van der Waals surface area (Å²) < 4.78 is 0. The molecule has 0 radical (unpaired) electrons. The van der Waals surface area contributed by atoms with Crippen molar-refractivity contribution in [2.75, 3.05) is 0 Å². The molecule has 12 heavy (non-hydrogen) atoms. The molecule has 0 bridgehead atoms. The van der Waals surface area contributed by atoms with E-state index in [2.05, 4.69) is 4.84 Å². The fourth-order valence-electron chi connectivity index (χ4n) is 0.930. The van der Waals surface area contributed by atoms with E-state index >= 15 is 0 Å². The van der Waals surface area contributed by atoms with Gasteiger partial charge in [-0.05, 0) is 24.6 Å². The van der Waals surface area contributed by atoms with Crippen molar-refractivity contribution in [2.24, 2.45) is 5.90 Å². The highest BCUT2D eigenvalue weighted by atomic mass is 16.6. The van der Waals surface area contributed by atoms with Gasteiger partial charge in [0.25, 0.3) is 0 Å². The topological polar surface area (TPSA) is 75.7 Å². The number of aromatic hydroxyl groups is 2. The highest BCUT2D eigenvalue weighted by Gasteiger charge is 2.04. The molecule has 66 valence electrons. The maximum atomic E-state index is 9.30. The van der Waals surface area contributed by atoms with Crippen molar-refractivity contribution in [3.63, 3.8) is 0 Å². The van der Waals surface area contributed by atoms with Crippen LogP contribution in [0.3, 0.4) is 0 Å². The minimum atomic E-state index is 0.0794. The number of hydrogen-bond acceptors (Lipinski definition) is 4. The number of rotatable bonds is 2. The molecule has 0 atom stereocenters. The lowest BCUT2D eigenvalue weighted by Gasteiger charge is -2.05. The molecule has 0 spiro atoms. The van der Waals surface area contributed by atoms with Crippen LogP contribution in [0.25, 0.3) is 0 Å². The number of aryl methyl sites for hydroxylation is 1. The number of hydrogen-bond donors (Lipinski definition) is 3. The van der Waals surface area contributed by atoms with Crippen LogP contribution in [0.5, 0.6) is 11.5 Å². The zero-order valence-corrected chi connectivity index (χ0v) is 6.74. The lowest BCUT2D eigenvalue weighted by molar-refractivity contribution is 0.122. The summed E-state index contributed by atoms with van der Waals surface area (Å²) in [5, 5.41) is 18.5. The summed E-state index contributed by atoms with van der Waals surface area (Å²) in [6.07, 6.45) is 0. The van der Waals surface area contributed by atoms with Crippen LogP contribution in [-0.4, -0.2) is 10.2 Å². The Labute approximate surface area is 70.2 Å². The number of nitrogens with two attached hydrogens (primary N) is 1. The Balaban J connectivity index is 3.05. The molecule has 0 aliphatic rings. The molecule has 4 nitrogen and oxygen atoms in total. The average molecular weight is 169 g/mol. The Morgan fingerprint density at radius 1 is 1.33 bits per heavy atom. The maximum Gasteiger partial charge on any atom is 0.121 e. The Kier molecular flexibility index (Phi) is 2.52. The Bertz CT molecular complexity index is 286. The Morgan fingerprint density at radius 3 is 2.58 bits per heavy atom. The molecule has 0 fully saturated rings. The first-order chi connectivity index (χ1) is 5.65. The quantitative estimate of drug-likeness (QED) is 0.452. The molecule has 1 rings (SSSR count). The lowest BCUT2D eigenvalue weighted by atomic mass is 10.1. The van der Waals surface area contributed by atoms with E-state index in [1.807, 2.05) is 0 Å². The third-order valence-electron chi connectivity index (χ3n) is 1.64. The van der Waals surface area contributed by atoms with Crippen LogP contribution in [0.15, 0.2) is 12.1 Å². The van der Waals surface area contributed by atoms with Gasteiger partial charge < -0.3 is 10.2 Å². The summed E-state index contributed by atoms with van der Waals surface area (Å²) in [6.45, 7) is 1.78. The van der Waals surface area contributed by atoms with Crippen molar-refractivity contribution in [1.82, 2.24) is 0 Å². The first-order valence-corrected chi connectivity index (χ1v) is 3.48. The van der Waals surface area contributed by atoms with Gasteiger partial charge in [0.1, 0.15) is 11.5 Å². The van der Waals surface area contributed by atoms with Gasteiger partial charge in [0.2, 0.25) is 0 Å². The third kappa shape index (κ3) is 1.66. The van der Waals surface area contributed by atoms with Crippen LogP contribution in [0, 0.1) is 6.92 Å². The van der Waals surface area contributed by atoms with E-state index in [-0.39, 0.29) is 18.1 Å². The molecular weight excluding hydrogens is 158 g/mol. The van der Waals surface area contributed by atoms with Gasteiger partial charge in [-0.25, -0.2) is 5.90 Å². The van der Waals surface area contributed by atoms with Gasteiger partial charge in [-0.3, -0.25) is 4.84 Å². The van der Waals surface area contributed by atoms with E-state index in [0.29, 0.717) is 11.1 Å². The average Bonchev–Trinajstić information content (AvgIpc) is 2.01. The van der Waals surface area contributed by atoms with Gasteiger partial charge in [0.15, 0.2) is 0 Å². The molecule has 0 saturated carbocycles. The number of benzene rings is 1. The molecule has 4 N–H and O–H groups in total. The van der Waals surface area contributed by atoms with Gasteiger partial charge in [0.05, 0.1) is 6.61 Å². The standard InChI is InChI=1S/C8H11NO3/c1-5-2-8(11)6(4-12-9)3-7(5)10/h2-3,10-11H,4,9H2,1H3. The second kappa shape index (κ2) is 3.42. The van der Waals surface area contributed by atoms with Crippen LogP contribution >= 0.6 is 0 Å². The molecule has 0 amide bonds. The van der Waals surface area contributed by atoms with E-state index in [9.17, 15) is 10.2 Å². The Hall–Kier alpha value is -1.26. The summed E-state index contributed by atoms with van der Waals surface area (Å²) in [7, 11) is 0. The fourth-order valence-corrected chi connectivity index (χ4v) is 0.930. The van der Waals surface area contributed by atoms with Crippen molar-refractivity contribution >= 4 is 0 Å². The first-order valence-electron chi connectivity index (χ1n) is 3.48. The molecule has 0 aliphatic carbocycles. The van der Waals surface area contributed by atoms with Gasteiger partial charge in [0, 0.05) is 5.56 Å². The van der Waals surface area contributed by atoms with Gasteiger partial charge in [-0.1, -0.05) is 0 Å². The minimum Gasteiger partial charge on any atom is -0.508 e. The van der Waals surface area contributed by atoms with Crippen LogP contribution in [0.4, 0.5) is 0 Å². The maximum absolute atomic E-state index is 9.30. The molecule has 0 aliphatic heterocycles. The first kappa shape index (κ1) is 8.83. The smallest absolute Gasteiger partial charge is 0.121 e. The fraction of sp³-hybridized carbons (Fsp3) is 0.250. The van der Waals surface area contributed by atoms with Crippen molar-refractivity contribution < 1.29 is 15.1 Å². The van der Waals surface area contributed by atoms with Crippen molar-refractivity contribution in [3.8, 4) is 11.5 Å². The zero-order valence-electron chi connectivity index (χ0n) is 6.74. The third-order valence-corrected chi connectivity index (χ3v) is 1.64. The molecule has 0 heterocycles. The van der Waals surface area contributed by atoms with Gasteiger partial charge >= 0.3 is 0 Å². The summed E-state index contributed by atoms with van der Waals surface area (Å²) in [5.41, 5.74) is 1.09. The van der Waals surface area contributed by atoms with Crippen molar-refractivity contribution in [2.45, 2.75) is 13.5 Å². The molecule has 0 unspecified atom stereocenters. The van der Waals surface area contributed by atoms with Crippen molar-refractivity contribution in [3.05, 3.63) is 23.3 Å². The second-order valence-electron chi connectivity index (χ2n) is 2.58. The minimum absolute atomic E-state index is 0.0794. The predicted octanol–water partition coefficient (Wildman–Crippen LogP) is 0.797. The normalized spacial score (nSPS) is 10.2. The molecule has 0 saturated heterocycles. The second-order valence-corrected chi connectivity index (χ2v) is 2.58. The summed E-state index contributed by atoms with van der Waals surface area (Å²) >= 11 is 0. The van der Waals surface area contributed by atoms with Gasteiger partial charge in [-0.15, -0.1) is 0 Å². The highest BCUT2D eigenvalue weighted by molar-refractivity contribution is 5.43. The van der Waals surface area contributed by atoms with E-state index in [0.717, 1.165) is 0 Å². The highest BCUT2D eigenvalue weighted by Crippen LogP contribution is 2.26. The lowest BCUT2D eigenvalue weighted by Crippen LogP contribution is -1.99. The van der Waals surface area contributed by atoms with Crippen molar-refractivity contribution in [1.29, 1.82) is 0 Å². The van der Waals surface area contributed by atoms with Crippen LogP contribution in [0.1, 0.15) is 11.1 Å². The monoisotopic (exact) mass is 169 g/mol. The van der Waals surface area contributed by atoms with E-state index in [4.69, 9.17) is 5.90 Å². The molecule has 1 aromatic carbocycles. The Morgan fingerprint density at radius 2 is 2.00 bits per heavy atom. The zero-order chi connectivity index (χ0) is 9.14. The van der Waals surface area contributed by atoms with Crippen LogP contribution in [0.2, 0.25) is 0 Å². The molecule has 1 aromatic rings. The predicted molar refractivity (Wildman–Crippen MR) is 43.5 cm³/mol.